The lowest BCUT2D eigenvalue weighted by Crippen LogP contribution is -2.40. The lowest BCUT2D eigenvalue weighted by molar-refractivity contribution is -0.123. The van der Waals surface area contributed by atoms with Crippen LogP contribution >= 0.6 is 11.8 Å². The first kappa shape index (κ1) is 20.4. The normalized spacial score (nSPS) is 21.6. The van der Waals surface area contributed by atoms with E-state index in [0.717, 1.165) is 47.4 Å². The Labute approximate surface area is 179 Å². The first-order valence-corrected chi connectivity index (χ1v) is 10.7. The van der Waals surface area contributed by atoms with E-state index in [1.807, 2.05) is 43.4 Å². The molecule has 0 spiro atoms. The number of primary amides is 1. The number of benzene rings is 1. The maximum absolute atomic E-state index is 11.5. The highest BCUT2D eigenvalue weighted by atomic mass is 32.2. The minimum Gasteiger partial charge on any atom is -0.464 e. The largest absolute Gasteiger partial charge is 0.464 e. The molecule has 3 heterocycles. The fourth-order valence-corrected chi connectivity index (χ4v) is 4.43. The minimum atomic E-state index is -0.219. The standard InChI is InChI=1S/C22H24N4O3S/c1-2-3-6-19-20(23)25-22(30-19)29-16-7-8-17-15(13-28-18(17)10-16)12-26-9-4-5-14(11-26)21(24)27/h2-3,6-8,10,13-14,23H,4-5,9,11-12H2,1H3,(H2,24,27)/b3-2-,19-6+,23-20?/t14-/m1/s1. The maximum atomic E-state index is 11.5. The second-order valence-electron chi connectivity index (χ2n) is 7.38. The lowest BCUT2D eigenvalue weighted by atomic mass is 9.97. The topological polar surface area (TPSA) is 105 Å². The van der Waals surface area contributed by atoms with E-state index in [4.69, 9.17) is 20.3 Å². The van der Waals surface area contributed by atoms with Crippen LogP contribution < -0.4 is 10.5 Å². The van der Waals surface area contributed by atoms with Gasteiger partial charge in [0.15, 0.2) is 5.84 Å². The number of aliphatic imine (C=N–C) groups is 1. The molecule has 156 valence electrons. The molecule has 1 atom stereocenters. The fraction of sp³-hybridized carbons (Fsp3) is 0.318. The summed E-state index contributed by atoms with van der Waals surface area (Å²) in [7, 11) is 0. The molecule has 0 unspecified atom stereocenters. The van der Waals surface area contributed by atoms with E-state index < -0.39 is 0 Å². The Morgan fingerprint density at radius 2 is 2.37 bits per heavy atom. The Hall–Kier alpha value is -2.84. The molecule has 2 aliphatic rings. The van der Waals surface area contributed by atoms with Gasteiger partial charge in [0.25, 0.3) is 5.23 Å². The van der Waals surface area contributed by atoms with Crippen LogP contribution in [0.15, 0.2) is 57.0 Å². The van der Waals surface area contributed by atoms with Gasteiger partial charge in [-0.1, -0.05) is 12.2 Å². The number of nitrogens with two attached hydrogens (primary N) is 1. The molecular weight excluding hydrogens is 400 g/mol. The average Bonchev–Trinajstić information content (AvgIpc) is 3.29. The first-order chi connectivity index (χ1) is 14.5. The van der Waals surface area contributed by atoms with E-state index in [1.54, 1.807) is 6.26 Å². The summed E-state index contributed by atoms with van der Waals surface area (Å²) in [5.74, 6) is 0.516. The van der Waals surface area contributed by atoms with Crippen molar-refractivity contribution in [3.63, 3.8) is 0 Å². The molecule has 2 aliphatic heterocycles. The highest BCUT2D eigenvalue weighted by molar-refractivity contribution is 8.18. The fourth-order valence-electron chi connectivity index (χ4n) is 3.67. The Morgan fingerprint density at radius 1 is 1.50 bits per heavy atom. The minimum absolute atomic E-state index is 0.0768. The maximum Gasteiger partial charge on any atom is 0.263 e. The number of hydrogen-bond acceptors (Lipinski definition) is 6. The number of rotatable bonds is 5. The average molecular weight is 425 g/mol. The molecule has 2 aromatic rings. The molecule has 1 amide bonds. The van der Waals surface area contributed by atoms with Crippen molar-refractivity contribution in [1.29, 1.82) is 5.41 Å². The van der Waals surface area contributed by atoms with Crippen molar-refractivity contribution >= 4 is 39.7 Å². The van der Waals surface area contributed by atoms with Gasteiger partial charge in [-0.3, -0.25) is 15.1 Å². The number of piperidine rings is 1. The molecule has 3 N–H and O–H groups in total. The molecule has 1 saturated heterocycles. The van der Waals surface area contributed by atoms with Crippen LogP contribution in [0.25, 0.3) is 11.0 Å². The van der Waals surface area contributed by atoms with Gasteiger partial charge in [0.1, 0.15) is 11.3 Å². The second kappa shape index (κ2) is 8.89. The van der Waals surface area contributed by atoms with Gasteiger partial charge in [0.05, 0.1) is 17.1 Å². The molecule has 1 fully saturated rings. The van der Waals surface area contributed by atoms with Crippen LogP contribution in [-0.2, 0) is 11.3 Å². The van der Waals surface area contributed by atoms with Gasteiger partial charge >= 0.3 is 0 Å². The SMILES string of the molecule is C/C=C\C=C1\SC(Oc2ccc3c(CN4CCC[C@@H](C(N)=O)C4)coc3c2)=NC1=N. The third-order valence-electron chi connectivity index (χ3n) is 5.21. The molecule has 0 radical (unpaired) electrons. The van der Waals surface area contributed by atoms with Gasteiger partial charge in [-0.25, -0.2) is 0 Å². The number of likely N-dealkylation sites (tertiary alicyclic amines) is 1. The van der Waals surface area contributed by atoms with E-state index in [0.29, 0.717) is 17.5 Å². The number of amides is 1. The van der Waals surface area contributed by atoms with Crippen molar-refractivity contribution in [2.75, 3.05) is 13.1 Å². The van der Waals surface area contributed by atoms with Crippen LogP contribution in [0.3, 0.4) is 0 Å². The molecule has 1 aromatic carbocycles. The summed E-state index contributed by atoms with van der Waals surface area (Å²) >= 11 is 1.33. The number of amidine groups is 1. The lowest BCUT2D eigenvalue weighted by Gasteiger charge is -2.30. The third kappa shape index (κ3) is 4.49. The quantitative estimate of drug-likeness (QED) is 0.753. The number of hydrogen-bond donors (Lipinski definition) is 2. The summed E-state index contributed by atoms with van der Waals surface area (Å²) in [6, 6.07) is 5.69. The van der Waals surface area contributed by atoms with Gasteiger partial charge in [-0.05, 0) is 56.3 Å². The van der Waals surface area contributed by atoms with E-state index in [9.17, 15) is 4.79 Å². The van der Waals surface area contributed by atoms with Crippen LogP contribution in [0, 0.1) is 11.3 Å². The van der Waals surface area contributed by atoms with Gasteiger partial charge in [-0.15, -0.1) is 0 Å². The van der Waals surface area contributed by atoms with Gasteiger partial charge < -0.3 is 14.9 Å². The number of nitrogens with zero attached hydrogens (tertiary/aromatic N) is 2. The number of ether oxygens (including phenoxy) is 1. The number of allylic oxidation sites excluding steroid dienone is 3. The second-order valence-corrected chi connectivity index (χ2v) is 8.38. The van der Waals surface area contributed by atoms with Crippen molar-refractivity contribution in [2.45, 2.75) is 26.3 Å². The van der Waals surface area contributed by atoms with Gasteiger partial charge in [-0.2, -0.15) is 4.99 Å². The monoisotopic (exact) mass is 424 g/mol. The van der Waals surface area contributed by atoms with E-state index in [-0.39, 0.29) is 17.7 Å². The van der Waals surface area contributed by atoms with Crippen LogP contribution in [0.1, 0.15) is 25.3 Å². The molecule has 8 heteroatoms. The van der Waals surface area contributed by atoms with E-state index in [1.165, 1.54) is 11.8 Å². The number of furan rings is 1. The summed E-state index contributed by atoms with van der Waals surface area (Å²) in [5, 5.41) is 9.38. The zero-order chi connectivity index (χ0) is 21.1. The Kier molecular flexibility index (Phi) is 6.06. The van der Waals surface area contributed by atoms with Gasteiger partial charge in [0, 0.05) is 30.1 Å². The van der Waals surface area contributed by atoms with Crippen molar-refractivity contribution in [1.82, 2.24) is 4.90 Å². The van der Waals surface area contributed by atoms with Crippen LogP contribution in [-0.4, -0.2) is 35.0 Å². The third-order valence-corrected chi connectivity index (χ3v) is 6.11. The molecule has 0 saturated carbocycles. The summed E-state index contributed by atoms with van der Waals surface area (Å²) in [5.41, 5.74) is 7.30. The number of nitrogens with one attached hydrogen (secondary N) is 1. The van der Waals surface area contributed by atoms with Crippen molar-refractivity contribution in [3.8, 4) is 5.75 Å². The Bertz CT molecular complexity index is 1070. The van der Waals surface area contributed by atoms with E-state index in [2.05, 4.69) is 9.89 Å². The summed E-state index contributed by atoms with van der Waals surface area (Å²) in [6.07, 6.45) is 9.22. The molecule has 0 aliphatic carbocycles. The number of carbonyl (C=O) groups excluding carboxylic acids is 1. The summed E-state index contributed by atoms with van der Waals surface area (Å²) in [4.78, 5) is 18.7. The number of thioether (sulfide) groups is 1. The zero-order valence-electron chi connectivity index (χ0n) is 16.8. The summed E-state index contributed by atoms with van der Waals surface area (Å²) in [6.45, 7) is 4.28. The van der Waals surface area contributed by atoms with Crippen molar-refractivity contribution in [3.05, 3.63) is 53.2 Å². The summed E-state index contributed by atoms with van der Waals surface area (Å²) < 4.78 is 11.6. The number of fused-ring (bicyclic) bond motifs is 1. The molecule has 4 rings (SSSR count). The van der Waals surface area contributed by atoms with Crippen LogP contribution in [0.5, 0.6) is 5.75 Å². The molecular formula is C22H24N4O3S. The van der Waals surface area contributed by atoms with Crippen LogP contribution in [0.4, 0.5) is 0 Å². The van der Waals surface area contributed by atoms with Gasteiger partial charge in [0.2, 0.25) is 5.91 Å². The Morgan fingerprint density at radius 3 is 3.17 bits per heavy atom. The highest BCUT2D eigenvalue weighted by Crippen LogP contribution is 2.31. The smallest absolute Gasteiger partial charge is 0.263 e. The van der Waals surface area contributed by atoms with Crippen LogP contribution in [0.2, 0.25) is 0 Å². The predicted octanol–water partition coefficient (Wildman–Crippen LogP) is 4.05. The van der Waals surface area contributed by atoms with Crippen molar-refractivity contribution < 1.29 is 13.9 Å². The predicted molar refractivity (Wildman–Crippen MR) is 120 cm³/mol. The Balaban J connectivity index is 1.45. The first-order valence-electron chi connectivity index (χ1n) is 9.91. The van der Waals surface area contributed by atoms with Crippen molar-refractivity contribution in [2.24, 2.45) is 16.6 Å². The molecule has 7 nitrogen and oxygen atoms in total. The highest BCUT2D eigenvalue weighted by Gasteiger charge is 2.25. The molecule has 0 bridgehead atoms. The zero-order valence-corrected chi connectivity index (χ0v) is 17.6. The van der Waals surface area contributed by atoms with E-state index >= 15 is 0 Å². The molecule has 30 heavy (non-hydrogen) atoms. The number of carbonyl (C=O) groups is 1. The molecule has 1 aromatic heterocycles.